The topological polar surface area (TPSA) is 94.0 Å². The third-order valence-corrected chi connectivity index (χ3v) is 7.74. The third-order valence-electron chi connectivity index (χ3n) is 7.74. The standard InChI is InChI=1S/C37H42N4O5/c1-5-45-35(43)21-19-31-30-24-27(18-20-33(30)41(38-31)36(44)46-37(2,3)4)25-34(42)40(29-15-8-6-9-16-29)26-28-14-10-11-17-32(28)39-22-12-7-13-23-39/h6,8-11,14-21,24H,5,7,12-13,22-23,25-26H2,1-4H3/b21-19+. The molecule has 0 radical (unpaired) electrons. The minimum atomic E-state index is -0.726. The van der Waals surface area contributed by atoms with Crippen LogP contribution in [-0.2, 0) is 32.0 Å². The number of benzene rings is 3. The van der Waals surface area contributed by atoms with Crippen molar-refractivity contribution in [1.29, 1.82) is 0 Å². The molecule has 3 aromatic carbocycles. The van der Waals surface area contributed by atoms with Crippen LogP contribution in [0.3, 0.4) is 0 Å². The molecular weight excluding hydrogens is 580 g/mol. The number of carbonyl (C=O) groups excluding carboxylic acids is 3. The Morgan fingerprint density at radius 1 is 0.935 bits per heavy atom. The first-order valence-corrected chi connectivity index (χ1v) is 15.9. The Morgan fingerprint density at radius 2 is 1.65 bits per heavy atom. The number of hydrogen-bond acceptors (Lipinski definition) is 7. The molecule has 0 unspecified atom stereocenters. The van der Waals surface area contributed by atoms with Gasteiger partial charge in [-0.3, -0.25) is 4.79 Å². The second kappa shape index (κ2) is 14.5. The SMILES string of the molecule is CCOC(=O)/C=C/c1nn(C(=O)OC(C)(C)C)c2ccc(CC(=O)N(Cc3ccccc3N3CCCCC3)c3ccccc3)cc12. The Morgan fingerprint density at radius 3 is 2.37 bits per heavy atom. The van der Waals surface area contributed by atoms with E-state index in [9.17, 15) is 14.4 Å². The van der Waals surface area contributed by atoms with E-state index in [1.165, 1.54) is 41.8 Å². The van der Waals surface area contributed by atoms with Gasteiger partial charge in [-0.1, -0.05) is 42.5 Å². The highest BCUT2D eigenvalue weighted by Crippen LogP contribution is 2.29. The summed E-state index contributed by atoms with van der Waals surface area (Å²) in [7, 11) is 0. The van der Waals surface area contributed by atoms with E-state index in [4.69, 9.17) is 9.47 Å². The summed E-state index contributed by atoms with van der Waals surface area (Å²) >= 11 is 0. The van der Waals surface area contributed by atoms with Crippen molar-refractivity contribution in [3.63, 3.8) is 0 Å². The first kappa shape index (κ1) is 32.5. The molecule has 46 heavy (non-hydrogen) atoms. The number of carbonyl (C=O) groups is 3. The Balaban J connectivity index is 1.47. The lowest BCUT2D eigenvalue weighted by Gasteiger charge is -2.32. The summed E-state index contributed by atoms with van der Waals surface area (Å²) in [6.07, 6.45) is 5.85. The van der Waals surface area contributed by atoms with Crippen LogP contribution in [0.2, 0.25) is 0 Å². The van der Waals surface area contributed by atoms with Gasteiger partial charge in [0.2, 0.25) is 5.91 Å². The van der Waals surface area contributed by atoms with Gasteiger partial charge in [0.05, 0.1) is 30.8 Å². The van der Waals surface area contributed by atoms with E-state index in [0.717, 1.165) is 29.9 Å². The molecular formula is C37H42N4O5. The maximum absolute atomic E-state index is 14.1. The van der Waals surface area contributed by atoms with Gasteiger partial charge in [-0.05, 0) is 94.5 Å². The zero-order chi connectivity index (χ0) is 32.7. The molecule has 0 spiro atoms. The first-order valence-electron chi connectivity index (χ1n) is 15.9. The molecule has 9 heteroatoms. The van der Waals surface area contributed by atoms with Gasteiger partial charge in [-0.15, -0.1) is 0 Å². The third kappa shape index (κ3) is 8.02. The number of fused-ring (bicyclic) bond motifs is 1. The van der Waals surface area contributed by atoms with Crippen molar-refractivity contribution in [1.82, 2.24) is 9.78 Å². The van der Waals surface area contributed by atoms with Crippen LogP contribution in [-0.4, -0.2) is 53.0 Å². The van der Waals surface area contributed by atoms with Crippen LogP contribution >= 0.6 is 0 Å². The zero-order valence-corrected chi connectivity index (χ0v) is 27.1. The predicted octanol–water partition coefficient (Wildman–Crippen LogP) is 7.16. The average Bonchev–Trinajstić information content (AvgIpc) is 3.41. The van der Waals surface area contributed by atoms with Gasteiger partial charge in [0, 0.05) is 35.9 Å². The van der Waals surface area contributed by atoms with Gasteiger partial charge < -0.3 is 19.3 Å². The number of rotatable bonds is 9. The van der Waals surface area contributed by atoms with Crippen LogP contribution in [0.1, 0.15) is 63.8 Å². The summed E-state index contributed by atoms with van der Waals surface area (Å²) in [5.74, 6) is -0.584. The molecule has 0 atom stereocenters. The minimum Gasteiger partial charge on any atom is -0.463 e. The van der Waals surface area contributed by atoms with E-state index in [1.54, 1.807) is 33.8 Å². The number of ether oxygens (including phenoxy) is 2. The quantitative estimate of drug-likeness (QED) is 0.144. The van der Waals surface area contributed by atoms with Crippen molar-refractivity contribution in [2.24, 2.45) is 0 Å². The fraction of sp³-hybridized carbons (Fsp3) is 0.351. The summed E-state index contributed by atoms with van der Waals surface area (Å²) in [5.41, 5.74) is 4.00. The number of piperidine rings is 1. The summed E-state index contributed by atoms with van der Waals surface area (Å²) in [4.78, 5) is 43.5. The molecule has 1 saturated heterocycles. The van der Waals surface area contributed by atoms with Crippen LogP contribution in [0.15, 0.2) is 78.9 Å². The Labute approximate surface area is 270 Å². The lowest BCUT2D eigenvalue weighted by atomic mass is 10.0. The average molecular weight is 623 g/mol. The Bertz CT molecular complexity index is 1710. The molecule has 240 valence electrons. The predicted molar refractivity (Wildman–Crippen MR) is 181 cm³/mol. The lowest BCUT2D eigenvalue weighted by molar-refractivity contribution is -0.137. The molecule has 0 aliphatic carbocycles. The van der Waals surface area contributed by atoms with Crippen LogP contribution < -0.4 is 9.80 Å². The van der Waals surface area contributed by atoms with Gasteiger partial charge in [0.25, 0.3) is 0 Å². The Kier molecular flexibility index (Phi) is 10.2. The second-order valence-electron chi connectivity index (χ2n) is 12.4. The first-order chi connectivity index (χ1) is 22.1. The Hall–Kier alpha value is -4.92. The van der Waals surface area contributed by atoms with E-state index < -0.39 is 17.7 Å². The molecule has 4 aromatic rings. The summed E-state index contributed by atoms with van der Waals surface area (Å²) in [6, 6.07) is 23.5. The monoisotopic (exact) mass is 622 g/mol. The summed E-state index contributed by atoms with van der Waals surface area (Å²) < 4.78 is 11.8. The summed E-state index contributed by atoms with van der Waals surface area (Å²) in [5, 5.41) is 5.08. The highest BCUT2D eigenvalue weighted by Gasteiger charge is 2.24. The van der Waals surface area contributed by atoms with E-state index in [-0.39, 0.29) is 18.9 Å². The number of amides is 1. The molecule has 0 saturated carbocycles. The number of hydrogen-bond donors (Lipinski definition) is 0. The fourth-order valence-electron chi connectivity index (χ4n) is 5.66. The zero-order valence-electron chi connectivity index (χ0n) is 27.1. The smallest absolute Gasteiger partial charge is 0.435 e. The molecule has 9 nitrogen and oxygen atoms in total. The van der Waals surface area contributed by atoms with Crippen molar-refractivity contribution >= 4 is 46.3 Å². The van der Waals surface area contributed by atoms with Crippen LogP contribution in [0.25, 0.3) is 17.0 Å². The number of anilines is 2. The van der Waals surface area contributed by atoms with E-state index in [0.29, 0.717) is 23.1 Å². The maximum Gasteiger partial charge on any atom is 0.435 e. The van der Waals surface area contributed by atoms with Crippen molar-refractivity contribution in [2.75, 3.05) is 29.5 Å². The highest BCUT2D eigenvalue weighted by molar-refractivity contribution is 5.98. The number of para-hydroxylation sites is 2. The van der Waals surface area contributed by atoms with Gasteiger partial charge in [-0.2, -0.15) is 9.78 Å². The van der Waals surface area contributed by atoms with E-state index in [2.05, 4.69) is 28.2 Å². The molecule has 0 N–H and O–H groups in total. The molecule has 1 aliphatic rings. The number of aromatic nitrogens is 2. The number of esters is 1. The van der Waals surface area contributed by atoms with E-state index >= 15 is 0 Å². The molecule has 5 rings (SSSR count). The summed E-state index contributed by atoms with van der Waals surface area (Å²) in [6.45, 7) is 9.78. The van der Waals surface area contributed by atoms with E-state index in [1.807, 2.05) is 53.4 Å². The van der Waals surface area contributed by atoms with Crippen molar-refractivity contribution in [2.45, 2.75) is 65.5 Å². The molecule has 1 aromatic heterocycles. The van der Waals surface area contributed by atoms with Crippen LogP contribution in [0.5, 0.6) is 0 Å². The molecule has 1 amide bonds. The molecule has 1 fully saturated rings. The van der Waals surface area contributed by atoms with Crippen LogP contribution in [0.4, 0.5) is 16.2 Å². The van der Waals surface area contributed by atoms with Gasteiger partial charge >= 0.3 is 12.1 Å². The van der Waals surface area contributed by atoms with Gasteiger partial charge in [0.15, 0.2) is 0 Å². The normalized spacial score (nSPS) is 13.6. The largest absolute Gasteiger partial charge is 0.463 e. The fourth-order valence-corrected chi connectivity index (χ4v) is 5.66. The molecule has 1 aliphatic heterocycles. The van der Waals surface area contributed by atoms with Gasteiger partial charge in [-0.25, -0.2) is 9.59 Å². The second-order valence-corrected chi connectivity index (χ2v) is 12.4. The maximum atomic E-state index is 14.1. The van der Waals surface area contributed by atoms with Crippen molar-refractivity contribution in [3.8, 4) is 0 Å². The molecule has 2 heterocycles. The van der Waals surface area contributed by atoms with Crippen molar-refractivity contribution < 1.29 is 23.9 Å². The van der Waals surface area contributed by atoms with Crippen molar-refractivity contribution in [3.05, 3.63) is 95.7 Å². The number of nitrogens with zero attached hydrogens (tertiary/aromatic N) is 4. The highest BCUT2D eigenvalue weighted by atomic mass is 16.6. The molecule has 0 bridgehead atoms. The minimum absolute atomic E-state index is 0.0675. The van der Waals surface area contributed by atoms with Crippen LogP contribution in [0, 0.1) is 0 Å². The van der Waals surface area contributed by atoms with Gasteiger partial charge in [0.1, 0.15) is 5.60 Å². The lowest BCUT2D eigenvalue weighted by Crippen LogP contribution is -2.34.